The maximum atomic E-state index is 13.2. The first-order valence-corrected chi connectivity index (χ1v) is 11.1. The lowest BCUT2D eigenvalue weighted by Gasteiger charge is -2.36. The van der Waals surface area contributed by atoms with Gasteiger partial charge in [-0.05, 0) is 42.0 Å². The monoisotopic (exact) mass is 413 g/mol. The molecule has 0 bridgehead atoms. The number of rotatable bonds is 6. The first-order valence-electron chi connectivity index (χ1n) is 9.42. The third kappa shape index (κ3) is 3.91. The van der Waals surface area contributed by atoms with Crippen molar-refractivity contribution in [2.45, 2.75) is 24.4 Å². The lowest BCUT2D eigenvalue weighted by molar-refractivity contribution is -0.131. The number of thiophene rings is 2. The highest BCUT2D eigenvalue weighted by atomic mass is 32.1. The minimum atomic E-state index is -0.713. The highest BCUT2D eigenvalue weighted by molar-refractivity contribution is 7.21. The summed E-state index contributed by atoms with van der Waals surface area (Å²) in [5.41, 5.74) is 0.429. The summed E-state index contributed by atoms with van der Waals surface area (Å²) in [6.07, 6.45) is 0.594. The van der Waals surface area contributed by atoms with Gasteiger partial charge in [0.25, 0.3) is 0 Å². The van der Waals surface area contributed by atoms with Crippen molar-refractivity contribution in [2.75, 3.05) is 19.8 Å². The Morgan fingerprint density at radius 1 is 1.07 bits per heavy atom. The van der Waals surface area contributed by atoms with Gasteiger partial charge in [0, 0.05) is 34.4 Å². The molecule has 28 heavy (non-hydrogen) atoms. The van der Waals surface area contributed by atoms with Gasteiger partial charge in [0.2, 0.25) is 5.91 Å². The lowest BCUT2D eigenvalue weighted by Crippen LogP contribution is -2.48. The van der Waals surface area contributed by atoms with Crippen LogP contribution in [0.1, 0.15) is 29.4 Å². The maximum Gasteiger partial charge on any atom is 0.230 e. The molecule has 1 atom stereocenters. The van der Waals surface area contributed by atoms with E-state index in [4.69, 9.17) is 4.74 Å². The second-order valence-electron chi connectivity index (χ2n) is 6.97. The van der Waals surface area contributed by atoms with Crippen LogP contribution < -0.4 is 5.32 Å². The molecule has 146 valence electrons. The molecule has 3 aromatic rings. The van der Waals surface area contributed by atoms with Gasteiger partial charge in [0.05, 0.1) is 5.41 Å². The van der Waals surface area contributed by atoms with Gasteiger partial charge in [0.15, 0.2) is 0 Å². The number of carbonyl (C=O) groups excluding carboxylic acids is 1. The average Bonchev–Trinajstić information content (AvgIpc) is 3.44. The van der Waals surface area contributed by atoms with Crippen molar-refractivity contribution >= 4 is 28.6 Å². The molecule has 1 fully saturated rings. The summed E-state index contributed by atoms with van der Waals surface area (Å²) in [5.74, 6) is -0.0314. The molecule has 1 unspecified atom stereocenters. The molecule has 1 aromatic carbocycles. The fraction of sp³-hybridized carbons (Fsp3) is 0.318. The van der Waals surface area contributed by atoms with E-state index in [-0.39, 0.29) is 12.5 Å². The maximum absolute atomic E-state index is 13.2. The van der Waals surface area contributed by atoms with Crippen LogP contribution in [0.5, 0.6) is 0 Å². The molecule has 0 aliphatic carbocycles. The van der Waals surface area contributed by atoms with Crippen molar-refractivity contribution < 1.29 is 14.6 Å². The van der Waals surface area contributed by atoms with Crippen LogP contribution in [0.25, 0.3) is 9.75 Å². The van der Waals surface area contributed by atoms with E-state index in [1.54, 1.807) is 22.7 Å². The van der Waals surface area contributed by atoms with Crippen LogP contribution >= 0.6 is 22.7 Å². The zero-order chi connectivity index (χ0) is 19.4. The largest absolute Gasteiger partial charge is 0.386 e. The molecule has 2 aromatic heterocycles. The molecule has 1 aliphatic heterocycles. The molecular formula is C22H23NO3S2. The normalized spacial score (nSPS) is 17.2. The summed E-state index contributed by atoms with van der Waals surface area (Å²) >= 11 is 3.25. The zero-order valence-corrected chi connectivity index (χ0v) is 17.1. The first kappa shape index (κ1) is 19.3. The number of ether oxygens (including phenoxy) is 1. The Kier molecular flexibility index (Phi) is 5.92. The van der Waals surface area contributed by atoms with Crippen LogP contribution in [0, 0.1) is 0 Å². The topological polar surface area (TPSA) is 58.6 Å². The summed E-state index contributed by atoms with van der Waals surface area (Å²) in [6, 6.07) is 18.0. The molecular weight excluding hydrogens is 390 g/mol. The smallest absolute Gasteiger partial charge is 0.230 e. The molecule has 0 saturated carbocycles. The third-order valence-electron chi connectivity index (χ3n) is 5.28. The van der Waals surface area contributed by atoms with Crippen molar-refractivity contribution in [1.29, 1.82) is 0 Å². The van der Waals surface area contributed by atoms with E-state index in [2.05, 4.69) is 11.4 Å². The Morgan fingerprint density at radius 2 is 1.86 bits per heavy atom. The molecule has 4 rings (SSSR count). The highest BCUT2D eigenvalue weighted by Crippen LogP contribution is 2.36. The summed E-state index contributed by atoms with van der Waals surface area (Å²) in [7, 11) is 0. The quantitative estimate of drug-likeness (QED) is 0.631. The molecule has 1 aliphatic rings. The minimum absolute atomic E-state index is 0.0314. The van der Waals surface area contributed by atoms with E-state index >= 15 is 0 Å². The molecule has 6 heteroatoms. The van der Waals surface area contributed by atoms with Gasteiger partial charge in [-0.15, -0.1) is 22.7 Å². The van der Waals surface area contributed by atoms with E-state index in [9.17, 15) is 9.90 Å². The highest BCUT2D eigenvalue weighted by Gasteiger charge is 2.41. The molecule has 1 saturated heterocycles. The van der Waals surface area contributed by atoms with Crippen LogP contribution in [0.4, 0.5) is 0 Å². The van der Waals surface area contributed by atoms with E-state index in [0.717, 1.165) is 15.3 Å². The number of hydrogen-bond acceptors (Lipinski definition) is 5. The van der Waals surface area contributed by atoms with Crippen LogP contribution in [0.15, 0.2) is 60.0 Å². The minimum Gasteiger partial charge on any atom is -0.386 e. The van der Waals surface area contributed by atoms with Crippen LogP contribution in [-0.4, -0.2) is 30.8 Å². The zero-order valence-electron chi connectivity index (χ0n) is 15.5. The van der Waals surface area contributed by atoms with Gasteiger partial charge in [-0.25, -0.2) is 0 Å². The van der Waals surface area contributed by atoms with Gasteiger partial charge in [-0.1, -0.05) is 36.4 Å². The molecule has 1 amide bonds. The second-order valence-corrected chi connectivity index (χ2v) is 9.03. The second kappa shape index (κ2) is 8.57. The van der Waals surface area contributed by atoms with E-state index in [0.29, 0.717) is 26.1 Å². The number of aliphatic hydroxyl groups excluding tert-OH is 1. The average molecular weight is 414 g/mol. The van der Waals surface area contributed by atoms with Crippen molar-refractivity contribution in [3.63, 3.8) is 0 Å². The number of aliphatic hydroxyl groups is 1. The van der Waals surface area contributed by atoms with Gasteiger partial charge < -0.3 is 15.2 Å². The fourth-order valence-corrected chi connectivity index (χ4v) is 5.49. The SMILES string of the molecule is O=C(NCC(O)c1ccc(-c2cccs2)s1)C1(c2ccccc2)CCOCC1. The van der Waals surface area contributed by atoms with Gasteiger partial charge in [0.1, 0.15) is 6.10 Å². The van der Waals surface area contributed by atoms with E-state index in [1.165, 1.54) is 4.88 Å². The fourth-order valence-electron chi connectivity index (χ4n) is 3.67. The van der Waals surface area contributed by atoms with Crippen LogP contribution in [0.2, 0.25) is 0 Å². The van der Waals surface area contributed by atoms with Gasteiger partial charge in [-0.3, -0.25) is 4.79 Å². The number of hydrogen-bond donors (Lipinski definition) is 2. The summed E-state index contributed by atoms with van der Waals surface area (Å²) in [5, 5.41) is 15.7. The van der Waals surface area contributed by atoms with Crippen molar-refractivity contribution in [3.05, 3.63) is 70.4 Å². The van der Waals surface area contributed by atoms with E-state index in [1.807, 2.05) is 53.9 Å². The van der Waals surface area contributed by atoms with Crippen molar-refractivity contribution in [1.82, 2.24) is 5.32 Å². The standard InChI is InChI=1S/C22H23NO3S2/c24-17(18-8-9-20(28-18)19-7-4-14-27-19)15-23-21(25)22(10-12-26-13-11-22)16-5-2-1-3-6-16/h1-9,14,17,24H,10-13,15H2,(H,23,25). The van der Waals surface area contributed by atoms with Gasteiger partial charge in [-0.2, -0.15) is 0 Å². The Bertz CT molecular complexity index is 899. The number of nitrogens with one attached hydrogen (secondary N) is 1. The third-order valence-corrected chi connectivity index (χ3v) is 7.53. The molecule has 4 nitrogen and oxygen atoms in total. The van der Waals surface area contributed by atoms with Crippen LogP contribution in [-0.2, 0) is 14.9 Å². The first-order chi connectivity index (χ1) is 13.7. The van der Waals surface area contributed by atoms with Gasteiger partial charge >= 0.3 is 0 Å². The number of amides is 1. The summed E-state index contributed by atoms with van der Waals surface area (Å²) in [4.78, 5) is 16.4. The van der Waals surface area contributed by atoms with E-state index < -0.39 is 11.5 Å². The van der Waals surface area contributed by atoms with Crippen molar-refractivity contribution in [2.24, 2.45) is 0 Å². The number of carbonyl (C=O) groups is 1. The predicted molar refractivity (Wildman–Crippen MR) is 114 cm³/mol. The Balaban J connectivity index is 1.45. The number of benzene rings is 1. The molecule has 0 radical (unpaired) electrons. The predicted octanol–water partition coefficient (Wildman–Crippen LogP) is 4.37. The molecule has 2 N–H and O–H groups in total. The summed E-state index contributed by atoms with van der Waals surface area (Å²) in [6.45, 7) is 1.35. The van der Waals surface area contributed by atoms with Crippen LogP contribution in [0.3, 0.4) is 0 Å². The molecule has 0 spiro atoms. The Hall–Kier alpha value is -1.99. The van der Waals surface area contributed by atoms with Crippen molar-refractivity contribution in [3.8, 4) is 9.75 Å². The summed E-state index contributed by atoms with van der Waals surface area (Å²) < 4.78 is 5.50. The molecule has 3 heterocycles. The Labute approximate surface area is 172 Å². The lowest BCUT2D eigenvalue weighted by atomic mass is 9.73. The Morgan fingerprint density at radius 3 is 2.57 bits per heavy atom.